The van der Waals surface area contributed by atoms with Gasteiger partial charge in [-0.05, 0) is 49.2 Å². The van der Waals surface area contributed by atoms with Crippen LogP contribution in [-0.2, 0) is 11.2 Å². The van der Waals surface area contributed by atoms with E-state index in [-0.39, 0.29) is 17.2 Å². The second-order valence-corrected chi connectivity index (χ2v) is 9.88. The Morgan fingerprint density at radius 1 is 1.20 bits per heavy atom. The van der Waals surface area contributed by atoms with Crippen molar-refractivity contribution in [3.8, 4) is 5.69 Å². The van der Waals surface area contributed by atoms with Crippen molar-refractivity contribution in [2.75, 3.05) is 11.1 Å². The molecule has 1 amide bonds. The molecule has 1 aliphatic rings. The molecule has 4 rings (SSSR count). The third-order valence-corrected chi connectivity index (χ3v) is 6.89. The molecule has 0 spiro atoms. The summed E-state index contributed by atoms with van der Waals surface area (Å²) in [6.45, 7) is 6.11. The van der Waals surface area contributed by atoms with E-state index in [0.717, 1.165) is 39.5 Å². The SMILES string of the molecule is Cc1cc(C)cc(NC(=O)CSc2nc3c(c(=O)n2-c2ccccc2)SC(C)C3)c1. The number of carbonyl (C=O) groups is 1. The number of carbonyl (C=O) groups excluding carboxylic acids is 1. The van der Waals surface area contributed by atoms with E-state index in [1.807, 2.05) is 56.3 Å². The van der Waals surface area contributed by atoms with E-state index >= 15 is 0 Å². The zero-order valence-corrected chi connectivity index (χ0v) is 18.8. The largest absolute Gasteiger partial charge is 0.325 e. The van der Waals surface area contributed by atoms with Crippen LogP contribution in [0.4, 0.5) is 5.69 Å². The second kappa shape index (κ2) is 8.70. The highest BCUT2D eigenvalue weighted by Gasteiger charge is 2.27. The monoisotopic (exact) mass is 437 g/mol. The van der Waals surface area contributed by atoms with Gasteiger partial charge in [-0.15, -0.1) is 11.8 Å². The van der Waals surface area contributed by atoms with Crippen LogP contribution in [-0.4, -0.2) is 26.5 Å². The molecule has 2 heterocycles. The Bertz CT molecular complexity index is 1140. The molecule has 1 unspecified atom stereocenters. The summed E-state index contributed by atoms with van der Waals surface area (Å²) in [7, 11) is 0. The number of thioether (sulfide) groups is 2. The maximum atomic E-state index is 13.2. The molecular weight excluding hydrogens is 414 g/mol. The molecule has 0 bridgehead atoms. The number of hydrogen-bond acceptors (Lipinski definition) is 5. The fourth-order valence-corrected chi connectivity index (χ4v) is 5.50. The van der Waals surface area contributed by atoms with Crippen LogP contribution in [0.2, 0.25) is 0 Å². The molecule has 1 atom stereocenters. The second-order valence-electron chi connectivity index (χ2n) is 7.49. The molecule has 30 heavy (non-hydrogen) atoms. The zero-order valence-electron chi connectivity index (χ0n) is 17.1. The Morgan fingerprint density at radius 2 is 1.90 bits per heavy atom. The smallest absolute Gasteiger partial charge is 0.272 e. The molecule has 154 valence electrons. The van der Waals surface area contributed by atoms with E-state index < -0.39 is 0 Å². The first-order valence-electron chi connectivity index (χ1n) is 9.79. The van der Waals surface area contributed by atoms with Gasteiger partial charge in [0.05, 0.1) is 22.0 Å². The number of aromatic nitrogens is 2. The van der Waals surface area contributed by atoms with E-state index in [1.54, 1.807) is 16.3 Å². The zero-order chi connectivity index (χ0) is 21.3. The molecule has 0 saturated carbocycles. The Hall–Kier alpha value is -2.51. The number of fused-ring (bicyclic) bond motifs is 1. The van der Waals surface area contributed by atoms with Crippen LogP contribution >= 0.6 is 23.5 Å². The fourth-order valence-electron chi connectivity index (χ4n) is 3.58. The maximum Gasteiger partial charge on any atom is 0.272 e. The van der Waals surface area contributed by atoms with E-state index in [1.165, 1.54) is 11.8 Å². The predicted octanol–water partition coefficient (Wildman–Crippen LogP) is 4.62. The molecular formula is C23H23N3O2S2. The summed E-state index contributed by atoms with van der Waals surface area (Å²) in [5.74, 6) is 0.0513. The lowest BCUT2D eigenvalue weighted by Crippen LogP contribution is -2.24. The summed E-state index contributed by atoms with van der Waals surface area (Å²) in [5, 5.41) is 3.83. The first-order chi connectivity index (χ1) is 14.4. The van der Waals surface area contributed by atoms with Gasteiger partial charge in [0, 0.05) is 17.4 Å². The molecule has 5 nitrogen and oxygen atoms in total. The molecule has 0 aliphatic carbocycles. The van der Waals surface area contributed by atoms with Gasteiger partial charge in [-0.25, -0.2) is 4.98 Å². The number of hydrogen-bond donors (Lipinski definition) is 1. The minimum Gasteiger partial charge on any atom is -0.325 e. The van der Waals surface area contributed by atoms with Crippen LogP contribution in [0.25, 0.3) is 5.69 Å². The lowest BCUT2D eigenvalue weighted by Gasteiger charge is -2.14. The van der Waals surface area contributed by atoms with Crippen molar-refractivity contribution in [3.63, 3.8) is 0 Å². The Labute approximate surface area is 184 Å². The molecule has 1 aliphatic heterocycles. The van der Waals surface area contributed by atoms with Crippen LogP contribution in [0.1, 0.15) is 23.7 Å². The van der Waals surface area contributed by atoms with Gasteiger partial charge in [0.1, 0.15) is 0 Å². The van der Waals surface area contributed by atoms with Gasteiger partial charge in [-0.2, -0.15) is 0 Å². The average molecular weight is 438 g/mol. The first kappa shape index (κ1) is 20.8. The van der Waals surface area contributed by atoms with Crippen molar-refractivity contribution in [1.29, 1.82) is 0 Å². The standard InChI is InChI=1S/C23H23N3O2S2/c1-14-9-15(2)11-17(10-14)24-20(27)13-29-23-25-19-12-16(3)30-21(19)22(28)26(23)18-7-5-4-6-8-18/h4-11,16H,12-13H2,1-3H3,(H,24,27). The fraction of sp³-hybridized carbons (Fsp3) is 0.261. The van der Waals surface area contributed by atoms with Gasteiger partial charge in [-0.3, -0.25) is 14.2 Å². The summed E-state index contributed by atoms with van der Waals surface area (Å²) >= 11 is 2.87. The summed E-state index contributed by atoms with van der Waals surface area (Å²) in [5.41, 5.74) is 4.52. The number of amides is 1. The lowest BCUT2D eigenvalue weighted by atomic mass is 10.1. The average Bonchev–Trinajstić information content (AvgIpc) is 3.07. The van der Waals surface area contributed by atoms with Crippen LogP contribution in [0, 0.1) is 13.8 Å². The summed E-state index contributed by atoms with van der Waals surface area (Å²) in [4.78, 5) is 31.3. The molecule has 7 heteroatoms. The van der Waals surface area contributed by atoms with Crippen LogP contribution in [0.3, 0.4) is 0 Å². The quantitative estimate of drug-likeness (QED) is 0.466. The van der Waals surface area contributed by atoms with Crippen LogP contribution in [0.5, 0.6) is 0 Å². The van der Waals surface area contributed by atoms with Crippen LogP contribution in [0.15, 0.2) is 63.4 Å². The summed E-state index contributed by atoms with van der Waals surface area (Å²) < 4.78 is 1.62. The molecule has 2 aromatic carbocycles. The van der Waals surface area contributed by atoms with Gasteiger partial charge in [0.25, 0.3) is 5.56 Å². The van der Waals surface area contributed by atoms with Crippen molar-refractivity contribution in [2.45, 2.75) is 42.5 Å². The van der Waals surface area contributed by atoms with E-state index in [2.05, 4.69) is 18.3 Å². The number of benzene rings is 2. The predicted molar refractivity (Wildman–Crippen MR) is 124 cm³/mol. The third-order valence-electron chi connectivity index (χ3n) is 4.73. The van der Waals surface area contributed by atoms with Crippen LogP contribution < -0.4 is 10.9 Å². The third kappa shape index (κ3) is 4.47. The maximum absolute atomic E-state index is 13.2. The molecule has 0 saturated heterocycles. The minimum atomic E-state index is -0.123. The van der Waals surface area contributed by atoms with Crippen molar-refractivity contribution in [3.05, 3.63) is 75.7 Å². The van der Waals surface area contributed by atoms with Gasteiger partial charge in [-0.1, -0.05) is 43.0 Å². The Kier molecular flexibility index (Phi) is 6.01. The molecule has 1 aromatic heterocycles. The number of nitrogens with one attached hydrogen (secondary N) is 1. The van der Waals surface area contributed by atoms with Crippen molar-refractivity contribution < 1.29 is 4.79 Å². The van der Waals surface area contributed by atoms with Gasteiger partial charge >= 0.3 is 0 Å². The normalized spacial score (nSPS) is 15.1. The van der Waals surface area contributed by atoms with Crippen molar-refractivity contribution >= 4 is 35.1 Å². The molecule has 0 fully saturated rings. The Balaban J connectivity index is 1.60. The highest BCUT2D eigenvalue weighted by Crippen LogP contribution is 2.34. The van der Waals surface area contributed by atoms with E-state index in [0.29, 0.717) is 10.4 Å². The highest BCUT2D eigenvalue weighted by molar-refractivity contribution is 8.00. The van der Waals surface area contributed by atoms with E-state index in [9.17, 15) is 9.59 Å². The molecule has 3 aromatic rings. The Morgan fingerprint density at radius 3 is 2.60 bits per heavy atom. The minimum absolute atomic E-state index is 0.0576. The summed E-state index contributed by atoms with van der Waals surface area (Å²) in [6.07, 6.45) is 0.771. The van der Waals surface area contributed by atoms with E-state index in [4.69, 9.17) is 4.98 Å². The van der Waals surface area contributed by atoms with Gasteiger partial charge in [0.2, 0.25) is 5.91 Å². The first-order valence-corrected chi connectivity index (χ1v) is 11.7. The number of para-hydroxylation sites is 1. The molecule has 1 N–H and O–H groups in total. The summed E-state index contributed by atoms with van der Waals surface area (Å²) in [6, 6.07) is 15.4. The number of aryl methyl sites for hydroxylation is 2. The lowest BCUT2D eigenvalue weighted by molar-refractivity contribution is -0.113. The molecule has 0 radical (unpaired) electrons. The number of nitrogens with zero attached hydrogens (tertiary/aromatic N) is 2. The van der Waals surface area contributed by atoms with Gasteiger partial charge < -0.3 is 5.32 Å². The van der Waals surface area contributed by atoms with Gasteiger partial charge in [0.15, 0.2) is 5.16 Å². The number of anilines is 1. The highest BCUT2D eigenvalue weighted by atomic mass is 32.2. The topological polar surface area (TPSA) is 64.0 Å². The van der Waals surface area contributed by atoms with Crippen molar-refractivity contribution in [2.24, 2.45) is 0 Å². The van der Waals surface area contributed by atoms with Crippen molar-refractivity contribution in [1.82, 2.24) is 9.55 Å². The number of rotatable bonds is 5.